The van der Waals surface area contributed by atoms with Crippen LogP contribution in [0.3, 0.4) is 0 Å². The molecule has 7 rings (SSSR count). The van der Waals surface area contributed by atoms with Gasteiger partial charge in [0.25, 0.3) is 0 Å². The molecule has 4 aromatic carbocycles. The Balaban J connectivity index is 1.57. The highest BCUT2D eigenvalue weighted by atomic mass is 35.5. The van der Waals surface area contributed by atoms with Gasteiger partial charge in [-0.25, -0.2) is 0 Å². The number of fused-ring (bicyclic) bond motifs is 6. The lowest BCUT2D eigenvalue weighted by Gasteiger charge is -2.39. The van der Waals surface area contributed by atoms with Gasteiger partial charge in [-0.3, -0.25) is 14.4 Å². The molecule has 0 bridgehead atoms. The van der Waals surface area contributed by atoms with Crippen molar-refractivity contribution in [1.29, 1.82) is 0 Å². The Morgan fingerprint density at radius 2 is 1.51 bits per heavy atom. The lowest BCUT2D eigenvalue weighted by Crippen LogP contribution is -2.51. The van der Waals surface area contributed by atoms with E-state index in [1.807, 2.05) is 79.4 Å². The molecule has 202 valence electrons. The van der Waals surface area contributed by atoms with Crippen LogP contribution in [-0.2, 0) is 10.2 Å². The number of nitrogens with one attached hydrogen (secondary N) is 1. The molecule has 6 heteroatoms. The van der Waals surface area contributed by atoms with E-state index in [2.05, 4.69) is 11.4 Å². The van der Waals surface area contributed by atoms with Gasteiger partial charge in [0.1, 0.15) is 11.5 Å². The van der Waals surface area contributed by atoms with Crippen molar-refractivity contribution in [2.45, 2.75) is 31.3 Å². The van der Waals surface area contributed by atoms with Crippen molar-refractivity contribution in [2.24, 2.45) is 5.92 Å². The Hall–Kier alpha value is -4.48. The molecule has 0 aliphatic carbocycles. The highest BCUT2D eigenvalue weighted by molar-refractivity contribution is 6.34. The average molecular weight is 559 g/mol. The Morgan fingerprint density at radius 3 is 2.29 bits per heavy atom. The number of carbonyl (C=O) groups excluding carboxylic acids is 3. The number of Topliss-reactive ketones (excluding diaryl/α,β-unsaturated/α-hetero) is 2. The second kappa shape index (κ2) is 9.28. The lowest BCUT2D eigenvalue weighted by molar-refractivity contribution is -0.121. The number of ketones is 2. The number of hydrogen-bond acceptors (Lipinski definition) is 4. The summed E-state index contributed by atoms with van der Waals surface area (Å²) in [5.41, 5.74) is 4.61. The number of para-hydroxylation sites is 2. The summed E-state index contributed by atoms with van der Waals surface area (Å²) in [6.07, 6.45) is 2.05. The zero-order valence-electron chi connectivity index (χ0n) is 22.6. The summed E-state index contributed by atoms with van der Waals surface area (Å²) in [6, 6.07) is 28.1. The molecule has 3 aliphatic heterocycles. The molecule has 4 atom stereocenters. The van der Waals surface area contributed by atoms with Crippen LogP contribution in [0.4, 0.5) is 11.4 Å². The minimum Gasteiger partial charge on any atom is -0.352 e. The SMILES string of the molecule is CC1=C[C@H]2N(c3ccccc31)[C@H](C(=O)c1ccccc1Cl)[C@H](C(=O)c1ccc(C)cc1)[C@@]21C(=O)Nc2ccccc21. The lowest BCUT2D eigenvalue weighted by atomic mass is 9.64. The Labute approximate surface area is 243 Å². The van der Waals surface area contributed by atoms with Crippen LogP contribution < -0.4 is 10.2 Å². The molecule has 0 aromatic heterocycles. The fraction of sp³-hybridized carbons (Fsp3) is 0.171. The Bertz CT molecular complexity index is 1790. The van der Waals surface area contributed by atoms with Crippen LogP contribution in [0, 0.1) is 12.8 Å². The number of aryl methyl sites for hydroxylation is 1. The first-order chi connectivity index (χ1) is 19.8. The first-order valence-electron chi connectivity index (χ1n) is 13.7. The van der Waals surface area contributed by atoms with E-state index >= 15 is 0 Å². The molecule has 1 saturated heterocycles. The number of nitrogens with zero attached hydrogens (tertiary/aromatic N) is 1. The average Bonchev–Trinajstić information content (AvgIpc) is 3.45. The van der Waals surface area contributed by atoms with Gasteiger partial charge in [0.05, 0.1) is 17.0 Å². The van der Waals surface area contributed by atoms with Gasteiger partial charge in [-0.15, -0.1) is 0 Å². The van der Waals surface area contributed by atoms with Gasteiger partial charge in [-0.1, -0.05) is 96.0 Å². The maximum atomic E-state index is 14.8. The van der Waals surface area contributed by atoms with Crippen molar-refractivity contribution in [3.63, 3.8) is 0 Å². The van der Waals surface area contributed by atoms with Gasteiger partial charge >= 0.3 is 0 Å². The van der Waals surface area contributed by atoms with E-state index in [0.717, 1.165) is 28.0 Å². The van der Waals surface area contributed by atoms with E-state index < -0.39 is 23.4 Å². The second-order valence-corrected chi connectivity index (χ2v) is 11.5. The van der Waals surface area contributed by atoms with Gasteiger partial charge in [-0.05, 0) is 49.2 Å². The van der Waals surface area contributed by atoms with Crippen molar-refractivity contribution < 1.29 is 14.4 Å². The van der Waals surface area contributed by atoms with Crippen LogP contribution in [0.25, 0.3) is 5.57 Å². The van der Waals surface area contributed by atoms with Crippen molar-refractivity contribution in [3.8, 4) is 0 Å². The molecule has 1 spiro atoms. The first-order valence-corrected chi connectivity index (χ1v) is 14.1. The Morgan fingerprint density at radius 1 is 0.829 bits per heavy atom. The number of carbonyl (C=O) groups is 3. The van der Waals surface area contributed by atoms with Gasteiger partial charge in [-0.2, -0.15) is 0 Å². The fourth-order valence-corrected chi connectivity index (χ4v) is 7.33. The molecular weight excluding hydrogens is 532 g/mol. The van der Waals surface area contributed by atoms with Crippen LogP contribution in [0.15, 0.2) is 103 Å². The molecule has 3 heterocycles. The zero-order chi connectivity index (χ0) is 28.5. The third-order valence-corrected chi connectivity index (χ3v) is 9.24. The maximum absolute atomic E-state index is 14.8. The maximum Gasteiger partial charge on any atom is 0.238 e. The zero-order valence-corrected chi connectivity index (χ0v) is 23.4. The summed E-state index contributed by atoms with van der Waals surface area (Å²) in [7, 11) is 0. The van der Waals surface area contributed by atoms with E-state index in [1.54, 1.807) is 36.4 Å². The summed E-state index contributed by atoms with van der Waals surface area (Å²) in [5.74, 6) is -1.85. The molecular formula is C35H27ClN2O3. The number of anilines is 2. The first kappa shape index (κ1) is 25.5. The molecule has 0 radical (unpaired) electrons. The van der Waals surface area contributed by atoms with E-state index in [4.69, 9.17) is 11.6 Å². The van der Waals surface area contributed by atoms with Crippen molar-refractivity contribution >= 4 is 46.0 Å². The second-order valence-electron chi connectivity index (χ2n) is 11.1. The fourth-order valence-electron chi connectivity index (χ4n) is 7.11. The van der Waals surface area contributed by atoms with E-state index in [0.29, 0.717) is 21.8 Å². The van der Waals surface area contributed by atoms with Crippen LogP contribution in [0.5, 0.6) is 0 Å². The molecule has 1 fully saturated rings. The van der Waals surface area contributed by atoms with E-state index in [1.165, 1.54) is 0 Å². The summed E-state index contributed by atoms with van der Waals surface area (Å²) < 4.78 is 0. The highest BCUT2D eigenvalue weighted by Crippen LogP contribution is 2.59. The number of amides is 1. The third kappa shape index (κ3) is 3.52. The van der Waals surface area contributed by atoms with Crippen LogP contribution in [-0.4, -0.2) is 29.6 Å². The topological polar surface area (TPSA) is 66.5 Å². The summed E-state index contributed by atoms with van der Waals surface area (Å²) in [4.78, 5) is 46.0. The predicted molar refractivity (Wildman–Crippen MR) is 162 cm³/mol. The number of halogens is 1. The minimum absolute atomic E-state index is 0.250. The molecule has 0 saturated carbocycles. The van der Waals surface area contributed by atoms with Gasteiger partial charge in [0, 0.05) is 28.1 Å². The summed E-state index contributed by atoms with van der Waals surface area (Å²) >= 11 is 6.60. The largest absolute Gasteiger partial charge is 0.352 e. The van der Waals surface area contributed by atoms with Gasteiger partial charge < -0.3 is 10.2 Å². The number of benzene rings is 4. The predicted octanol–water partition coefficient (Wildman–Crippen LogP) is 6.89. The molecule has 41 heavy (non-hydrogen) atoms. The number of rotatable bonds is 4. The van der Waals surface area contributed by atoms with Gasteiger partial charge in [0.15, 0.2) is 11.6 Å². The van der Waals surface area contributed by atoms with Gasteiger partial charge in [0.2, 0.25) is 5.91 Å². The minimum atomic E-state index is -1.35. The van der Waals surface area contributed by atoms with Crippen LogP contribution in [0.2, 0.25) is 5.02 Å². The molecule has 0 unspecified atom stereocenters. The van der Waals surface area contributed by atoms with Crippen molar-refractivity contribution in [1.82, 2.24) is 0 Å². The molecule has 1 N–H and O–H groups in total. The highest BCUT2D eigenvalue weighted by Gasteiger charge is 2.70. The molecule has 3 aliphatic rings. The van der Waals surface area contributed by atoms with Crippen molar-refractivity contribution in [2.75, 3.05) is 10.2 Å². The quantitative estimate of drug-likeness (QED) is 0.277. The van der Waals surface area contributed by atoms with Crippen LogP contribution in [0.1, 0.15) is 44.3 Å². The standard InChI is InChI=1S/C35H27ClN2O3/c1-20-15-17-22(18-16-20)32(39)30-31(33(40)24-10-3-6-12-26(24)36)38-28-14-8-4-9-23(28)21(2)19-29(38)35(30)25-11-5-7-13-27(25)37-34(35)41/h3-19,29-31H,1-2H3,(H,37,41)/t29-,30-,31+,35+/m1/s1. The monoisotopic (exact) mass is 558 g/mol. The molecule has 4 aromatic rings. The molecule has 1 amide bonds. The summed E-state index contributed by atoms with van der Waals surface area (Å²) in [5, 5.41) is 3.38. The smallest absolute Gasteiger partial charge is 0.238 e. The normalized spacial score (nSPS) is 23.9. The van der Waals surface area contributed by atoms with E-state index in [9.17, 15) is 14.4 Å². The third-order valence-electron chi connectivity index (χ3n) is 8.91. The van der Waals surface area contributed by atoms with Crippen molar-refractivity contribution in [3.05, 3.63) is 136 Å². The Kier molecular flexibility index (Phi) is 5.77. The molecule has 5 nitrogen and oxygen atoms in total. The van der Waals surface area contributed by atoms with Crippen LogP contribution >= 0.6 is 11.6 Å². The number of allylic oxidation sites excluding steroid dienone is 1. The summed E-state index contributed by atoms with van der Waals surface area (Å²) in [6.45, 7) is 3.98. The van der Waals surface area contributed by atoms with E-state index in [-0.39, 0.29) is 17.5 Å². The number of hydrogen-bond donors (Lipinski definition) is 1.